The third-order valence-electron chi connectivity index (χ3n) is 3.09. The summed E-state index contributed by atoms with van der Waals surface area (Å²) in [6, 6.07) is 5.73. The van der Waals surface area contributed by atoms with E-state index in [1.54, 1.807) is 19.2 Å². The highest BCUT2D eigenvalue weighted by atomic mass is 19.1. The zero-order chi connectivity index (χ0) is 15.1. The molecule has 0 spiro atoms. The lowest BCUT2D eigenvalue weighted by Crippen LogP contribution is -2.45. The maximum absolute atomic E-state index is 13.0. The Labute approximate surface area is 117 Å². The Morgan fingerprint density at radius 2 is 2.15 bits per heavy atom. The molecular formula is C14H20FN3O2. The summed E-state index contributed by atoms with van der Waals surface area (Å²) in [6.45, 7) is 2.10. The summed E-state index contributed by atoms with van der Waals surface area (Å²) < 4.78 is 13.0. The Morgan fingerprint density at radius 3 is 2.75 bits per heavy atom. The molecule has 1 rings (SSSR count). The molecule has 110 valence electrons. The van der Waals surface area contributed by atoms with Crippen molar-refractivity contribution in [2.45, 2.75) is 19.4 Å². The molecule has 6 heteroatoms. The number of carbonyl (C=O) groups is 2. The number of carbonyl (C=O) groups excluding carboxylic acids is 2. The lowest BCUT2D eigenvalue weighted by Gasteiger charge is -2.23. The van der Waals surface area contributed by atoms with Gasteiger partial charge in [0, 0.05) is 19.6 Å². The Kier molecular flexibility index (Phi) is 6.11. The Morgan fingerprint density at radius 1 is 1.45 bits per heavy atom. The van der Waals surface area contributed by atoms with Gasteiger partial charge in [0.05, 0.1) is 13.0 Å². The fraction of sp³-hybridized carbons (Fsp3) is 0.429. The van der Waals surface area contributed by atoms with Crippen molar-refractivity contribution in [3.8, 4) is 0 Å². The third kappa shape index (κ3) is 4.97. The van der Waals surface area contributed by atoms with Crippen molar-refractivity contribution >= 4 is 11.8 Å². The van der Waals surface area contributed by atoms with E-state index in [-0.39, 0.29) is 36.6 Å². The van der Waals surface area contributed by atoms with Gasteiger partial charge in [0.2, 0.25) is 11.8 Å². The molecule has 0 aliphatic heterocycles. The van der Waals surface area contributed by atoms with Gasteiger partial charge in [0.25, 0.3) is 0 Å². The van der Waals surface area contributed by atoms with Crippen LogP contribution in [-0.4, -0.2) is 42.9 Å². The van der Waals surface area contributed by atoms with Gasteiger partial charge in [0.15, 0.2) is 0 Å². The minimum atomic E-state index is -0.386. The number of hydrogen-bond acceptors (Lipinski definition) is 3. The second-order valence-corrected chi connectivity index (χ2v) is 4.67. The van der Waals surface area contributed by atoms with E-state index in [2.05, 4.69) is 5.32 Å². The highest BCUT2D eigenvalue weighted by Gasteiger charge is 2.15. The van der Waals surface area contributed by atoms with Crippen LogP contribution >= 0.6 is 0 Å². The maximum Gasteiger partial charge on any atom is 0.241 e. The third-order valence-corrected chi connectivity index (χ3v) is 3.09. The molecule has 1 aromatic rings. The van der Waals surface area contributed by atoms with E-state index in [4.69, 9.17) is 5.73 Å². The summed E-state index contributed by atoms with van der Waals surface area (Å²) in [4.78, 5) is 24.9. The molecule has 5 nitrogen and oxygen atoms in total. The standard InChI is InChI=1S/C14H20FN3O2/c1-10(8-16)18(2)14(20)9-17-13(19)7-11-4-3-5-12(15)6-11/h3-6,10H,7-9,16H2,1-2H3,(H,17,19). The number of amides is 2. The second kappa shape index (κ2) is 7.59. The fourth-order valence-electron chi connectivity index (χ4n) is 1.60. The minimum Gasteiger partial charge on any atom is -0.347 e. The molecule has 1 atom stereocenters. The van der Waals surface area contributed by atoms with Gasteiger partial charge in [-0.25, -0.2) is 4.39 Å². The van der Waals surface area contributed by atoms with Crippen molar-refractivity contribution in [1.29, 1.82) is 0 Å². The maximum atomic E-state index is 13.0. The number of halogens is 1. The van der Waals surface area contributed by atoms with Crippen LogP contribution in [-0.2, 0) is 16.0 Å². The zero-order valence-corrected chi connectivity index (χ0v) is 11.7. The van der Waals surface area contributed by atoms with E-state index in [1.165, 1.54) is 17.0 Å². The van der Waals surface area contributed by atoms with Crippen LogP contribution in [0, 0.1) is 5.82 Å². The molecule has 1 aromatic carbocycles. The predicted molar refractivity (Wildman–Crippen MR) is 74.4 cm³/mol. The largest absolute Gasteiger partial charge is 0.347 e. The smallest absolute Gasteiger partial charge is 0.241 e. The van der Waals surface area contributed by atoms with Gasteiger partial charge < -0.3 is 16.0 Å². The zero-order valence-electron chi connectivity index (χ0n) is 11.7. The van der Waals surface area contributed by atoms with Crippen LogP contribution in [0.4, 0.5) is 4.39 Å². The molecule has 0 saturated carbocycles. The molecule has 0 aliphatic rings. The van der Waals surface area contributed by atoms with Crippen molar-refractivity contribution in [2.24, 2.45) is 5.73 Å². The van der Waals surface area contributed by atoms with Gasteiger partial charge in [-0.3, -0.25) is 9.59 Å². The Balaban J connectivity index is 2.42. The van der Waals surface area contributed by atoms with E-state index in [9.17, 15) is 14.0 Å². The molecule has 20 heavy (non-hydrogen) atoms. The van der Waals surface area contributed by atoms with Gasteiger partial charge in [-0.15, -0.1) is 0 Å². The van der Waals surface area contributed by atoms with Crippen LogP contribution in [0.2, 0.25) is 0 Å². The van der Waals surface area contributed by atoms with Crippen molar-refractivity contribution < 1.29 is 14.0 Å². The van der Waals surface area contributed by atoms with Crippen molar-refractivity contribution in [1.82, 2.24) is 10.2 Å². The van der Waals surface area contributed by atoms with Gasteiger partial charge in [-0.1, -0.05) is 12.1 Å². The summed E-state index contributed by atoms with van der Waals surface area (Å²) in [6.07, 6.45) is 0.0429. The summed E-state index contributed by atoms with van der Waals surface area (Å²) in [7, 11) is 1.64. The lowest BCUT2D eigenvalue weighted by molar-refractivity contribution is -0.133. The highest BCUT2D eigenvalue weighted by molar-refractivity contribution is 5.85. The summed E-state index contributed by atoms with van der Waals surface area (Å²) in [5.41, 5.74) is 6.03. The molecule has 0 saturated heterocycles. The molecule has 0 fully saturated rings. The molecule has 3 N–H and O–H groups in total. The van der Waals surface area contributed by atoms with Crippen LogP contribution in [0.3, 0.4) is 0 Å². The molecule has 0 aromatic heterocycles. The predicted octanol–water partition coefficient (Wildman–Crippen LogP) is 0.290. The molecule has 0 bridgehead atoms. The fourth-order valence-corrected chi connectivity index (χ4v) is 1.60. The number of benzene rings is 1. The molecule has 2 amide bonds. The number of rotatable bonds is 6. The first-order valence-corrected chi connectivity index (χ1v) is 6.41. The quantitative estimate of drug-likeness (QED) is 0.787. The first-order valence-electron chi connectivity index (χ1n) is 6.41. The number of nitrogens with zero attached hydrogens (tertiary/aromatic N) is 1. The Hall–Kier alpha value is -1.95. The number of nitrogens with one attached hydrogen (secondary N) is 1. The van der Waals surface area contributed by atoms with Crippen molar-refractivity contribution in [2.75, 3.05) is 20.1 Å². The Bertz CT molecular complexity index is 479. The van der Waals surface area contributed by atoms with E-state index >= 15 is 0 Å². The van der Waals surface area contributed by atoms with Gasteiger partial charge >= 0.3 is 0 Å². The van der Waals surface area contributed by atoms with Crippen LogP contribution in [0.5, 0.6) is 0 Å². The SMILES string of the molecule is CC(CN)N(C)C(=O)CNC(=O)Cc1cccc(F)c1. The number of hydrogen-bond donors (Lipinski definition) is 2. The average molecular weight is 281 g/mol. The number of likely N-dealkylation sites (N-methyl/N-ethyl adjacent to an activating group) is 1. The summed E-state index contributed by atoms with van der Waals surface area (Å²) >= 11 is 0. The van der Waals surface area contributed by atoms with Gasteiger partial charge in [-0.2, -0.15) is 0 Å². The van der Waals surface area contributed by atoms with Gasteiger partial charge in [-0.05, 0) is 24.6 Å². The lowest BCUT2D eigenvalue weighted by atomic mass is 10.1. The van der Waals surface area contributed by atoms with Crippen LogP contribution in [0.1, 0.15) is 12.5 Å². The minimum absolute atomic E-state index is 0.0429. The second-order valence-electron chi connectivity index (χ2n) is 4.67. The molecule has 0 radical (unpaired) electrons. The van der Waals surface area contributed by atoms with E-state index in [0.29, 0.717) is 12.1 Å². The first-order chi connectivity index (χ1) is 9.43. The monoisotopic (exact) mass is 281 g/mol. The molecule has 0 heterocycles. The summed E-state index contributed by atoms with van der Waals surface area (Å²) in [5.74, 6) is -0.920. The number of nitrogens with two attached hydrogens (primary N) is 1. The molecule has 1 unspecified atom stereocenters. The topological polar surface area (TPSA) is 75.4 Å². The van der Waals surface area contributed by atoms with Crippen LogP contribution in [0.15, 0.2) is 24.3 Å². The summed E-state index contributed by atoms with van der Waals surface area (Å²) in [5, 5.41) is 2.52. The first kappa shape index (κ1) is 16.1. The van der Waals surface area contributed by atoms with E-state index < -0.39 is 0 Å². The van der Waals surface area contributed by atoms with E-state index in [0.717, 1.165) is 0 Å². The normalized spacial score (nSPS) is 11.8. The van der Waals surface area contributed by atoms with Crippen LogP contribution in [0.25, 0.3) is 0 Å². The van der Waals surface area contributed by atoms with E-state index in [1.807, 2.05) is 6.92 Å². The highest BCUT2D eigenvalue weighted by Crippen LogP contribution is 2.04. The van der Waals surface area contributed by atoms with Crippen molar-refractivity contribution in [3.05, 3.63) is 35.6 Å². The van der Waals surface area contributed by atoms with Crippen LogP contribution < -0.4 is 11.1 Å². The van der Waals surface area contributed by atoms with Gasteiger partial charge in [0.1, 0.15) is 5.82 Å². The molecule has 0 aliphatic carbocycles. The molecular weight excluding hydrogens is 261 g/mol. The van der Waals surface area contributed by atoms with Crippen molar-refractivity contribution in [3.63, 3.8) is 0 Å². The average Bonchev–Trinajstić information content (AvgIpc) is 2.43.